The van der Waals surface area contributed by atoms with Crippen molar-refractivity contribution in [3.63, 3.8) is 0 Å². The average Bonchev–Trinajstić information content (AvgIpc) is 2.37. The van der Waals surface area contributed by atoms with E-state index in [4.69, 9.17) is 9.47 Å². The van der Waals surface area contributed by atoms with Gasteiger partial charge in [0.05, 0.1) is 19.6 Å². The lowest BCUT2D eigenvalue weighted by Gasteiger charge is -2.24. The van der Waals surface area contributed by atoms with Gasteiger partial charge in [0.1, 0.15) is 0 Å². The Morgan fingerprint density at radius 2 is 2.11 bits per heavy atom. The largest absolute Gasteiger partial charge is 0.466 e. The number of nitrogens with zero attached hydrogens (tertiary/aromatic N) is 1. The third kappa shape index (κ3) is 5.01. The van der Waals surface area contributed by atoms with Gasteiger partial charge < -0.3 is 14.4 Å². The number of esters is 1. The van der Waals surface area contributed by atoms with Crippen LogP contribution in [0.2, 0.25) is 0 Å². The molecule has 0 amide bonds. The maximum atomic E-state index is 11.7. The molecule has 0 heterocycles. The molecule has 1 aromatic rings. The van der Waals surface area contributed by atoms with E-state index in [9.17, 15) is 4.79 Å². The Labute approximate surface area is 115 Å². The molecule has 1 unspecified atom stereocenters. The number of methoxy groups -OCH3 is 1. The lowest BCUT2D eigenvalue weighted by molar-refractivity contribution is -0.144. The molecule has 0 aliphatic heterocycles. The van der Waals surface area contributed by atoms with Gasteiger partial charge >= 0.3 is 5.97 Å². The van der Waals surface area contributed by atoms with E-state index in [0.717, 1.165) is 11.1 Å². The summed E-state index contributed by atoms with van der Waals surface area (Å²) in [7, 11) is 5.61. The van der Waals surface area contributed by atoms with Crippen molar-refractivity contribution in [2.24, 2.45) is 0 Å². The number of hydrogen-bond acceptors (Lipinski definition) is 4. The molecule has 106 valence electrons. The standard InChI is InChI=1S/C15H23NO3/c1-5-19-15(17)10-14(16(2)3)13-8-6-7-12(9-13)11-18-4/h6-9,14H,5,10-11H2,1-4H3. The van der Waals surface area contributed by atoms with Crippen LogP contribution in [0.25, 0.3) is 0 Å². The first-order chi connectivity index (χ1) is 9.08. The fourth-order valence-corrected chi connectivity index (χ4v) is 2.03. The van der Waals surface area contributed by atoms with Crippen LogP contribution in [-0.2, 0) is 20.9 Å². The van der Waals surface area contributed by atoms with Gasteiger partial charge in [0.2, 0.25) is 0 Å². The van der Waals surface area contributed by atoms with Gasteiger partial charge in [-0.2, -0.15) is 0 Å². The van der Waals surface area contributed by atoms with Gasteiger partial charge in [-0.1, -0.05) is 24.3 Å². The molecular formula is C15H23NO3. The van der Waals surface area contributed by atoms with Crippen LogP contribution >= 0.6 is 0 Å². The van der Waals surface area contributed by atoms with E-state index in [1.54, 1.807) is 7.11 Å². The third-order valence-corrected chi connectivity index (χ3v) is 2.94. The smallest absolute Gasteiger partial charge is 0.307 e. The van der Waals surface area contributed by atoms with Crippen LogP contribution in [0, 0.1) is 0 Å². The Morgan fingerprint density at radius 1 is 1.37 bits per heavy atom. The van der Waals surface area contributed by atoms with E-state index in [0.29, 0.717) is 19.6 Å². The molecule has 0 saturated carbocycles. The molecule has 0 aliphatic carbocycles. The Bertz CT molecular complexity index is 404. The van der Waals surface area contributed by atoms with Gasteiger partial charge in [-0.3, -0.25) is 4.79 Å². The van der Waals surface area contributed by atoms with Gasteiger partial charge in [0.25, 0.3) is 0 Å². The van der Waals surface area contributed by atoms with Crippen molar-refractivity contribution in [1.29, 1.82) is 0 Å². The van der Waals surface area contributed by atoms with Gasteiger partial charge in [0, 0.05) is 13.2 Å². The van der Waals surface area contributed by atoms with E-state index in [-0.39, 0.29) is 12.0 Å². The molecule has 1 atom stereocenters. The van der Waals surface area contributed by atoms with Crippen molar-refractivity contribution in [2.45, 2.75) is 26.0 Å². The summed E-state index contributed by atoms with van der Waals surface area (Å²) in [6.07, 6.45) is 0.358. The topological polar surface area (TPSA) is 38.8 Å². The summed E-state index contributed by atoms with van der Waals surface area (Å²) in [5.41, 5.74) is 2.21. The molecule has 0 bridgehead atoms. The maximum Gasteiger partial charge on any atom is 0.307 e. The van der Waals surface area contributed by atoms with E-state index in [1.807, 2.05) is 44.1 Å². The molecule has 4 nitrogen and oxygen atoms in total. The molecule has 0 radical (unpaired) electrons. The number of carbonyl (C=O) groups is 1. The molecule has 0 spiro atoms. The van der Waals surface area contributed by atoms with Crippen molar-refractivity contribution in [3.8, 4) is 0 Å². The predicted molar refractivity (Wildman–Crippen MR) is 74.8 cm³/mol. The number of ether oxygens (including phenoxy) is 2. The highest BCUT2D eigenvalue weighted by Gasteiger charge is 2.19. The molecule has 0 N–H and O–H groups in total. The molecule has 1 rings (SSSR count). The summed E-state index contributed by atoms with van der Waals surface area (Å²) in [5, 5.41) is 0. The number of hydrogen-bond donors (Lipinski definition) is 0. The first kappa shape index (κ1) is 15.7. The molecule has 0 fully saturated rings. The Kier molecular flexibility index (Phi) is 6.53. The van der Waals surface area contributed by atoms with Crippen molar-refractivity contribution < 1.29 is 14.3 Å². The Morgan fingerprint density at radius 3 is 2.68 bits per heavy atom. The zero-order valence-corrected chi connectivity index (χ0v) is 12.2. The lowest BCUT2D eigenvalue weighted by atomic mass is 10.0. The van der Waals surface area contributed by atoms with Crippen LogP contribution in [-0.4, -0.2) is 38.7 Å². The minimum Gasteiger partial charge on any atom is -0.466 e. The molecule has 19 heavy (non-hydrogen) atoms. The normalized spacial score (nSPS) is 12.5. The third-order valence-electron chi connectivity index (χ3n) is 2.94. The van der Waals surface area contributed by atoms with E-state index >= 15 is 0 Å². The summed E-state index contributed by atoms with van der Waals surface area (Å²) < 4.78 is 10.2. The van der Waals surface area contributed by atoms with E-state index in [1.165, 1.54) is 0 Å². The van der Waals surface area contributed by atoms with E-state index < -0.39 is 0 Å². The minimum absolute atomic E-state index is 0.0239. The van der Waals surface area contributed by atoms with Crippen molar-refractivity contribution >= 4 is 5.97 Å². The number of benzene rings is 1. The van der Waals surface area contributed by atoms with Crippen LogP contribution < -0.4 is 0 Å². The maximum absolute atomic E-state index is 11.7. The minimum atomic E-state index is -0.168. The average molecular weight is 265 g/mol. The van der Waals surface area contributed by atoms with Crippen LogP contribution in [0.1, 0.15) is 30.5 Å². The van der Waals surface area contributed by atoms with Gasteiger partial charge in [-0.25, -0.2) is 0 Å². The van der Waals surface area contributed by atoms with Crippen molar-refractivity contribution in [3.05, 3.63) is 35.4 Å². The Balaban J connectivity index is 2.86. The first-order valence-corrected chi connectivity index (χ1v) is 6.48. The zero-order chi connectivity index (χ0) is 14.3. The number of carbonyl (C=O) groups excluding carboxylic acids is 1. The fourth-order valence-electron chi connectivity index (χ4n) is 2.03. The molecule has 1 aromatic carbocycles. The van der Waals surface area contributed by atoms with Gasteiger partial charge in [-0.15, -0.1) is 0 Å². The Hall–Kier alpha value is -1.39. The van der Waals surface area contributed by atoms with Gasteiger partial charge in [-0.05, 0) is 32.1 Å². The van der Waals surface area contributed by atoms with Crippen LogP contribution in [0.15, 0.2) is 24.3 Å². The fraction of sp³-hybridized carbons (Fsp3) is 0.533. The summed E-state index contributed by atoms with van der Waals surface area (Å²) in [6.45, 7) is 2.82. The quantitative estimate of drug-likeness (QED) is 0.710. The highest BCUT2D eigenvalue weighted by atomic mass is 16.5. The molecule has 4 heteroatoms. The monoisotopic (exact) mass is 265 g/mol. The zero-order valence-electron chi connectivity index (χ0n) is 12.2. The van der Waals surface area contributed by atoms with Crippen LogP contribution in [0.4, 0.5) is 0 Å². The second-order valence-corrected chi connectivity index (χ2v) is 4.67. The number of rotatable bonds is 7. The highest BCUT2D eigenvalue weighted by Crippen LogP contribution is 2.23. The van der Waals surface area contributed by atoms with Gasteiger partial charge in [0.15, 0.2) is 0 Å². The molecule has 0 aliphatic rings. The summed E-state index contributed by atoms with van der Waals surface area (Å²) in [4.78, 5) is 13.7. The lowest BCUT2D eigenvalue weighted by Crippen LogP contribution is -2.24. The second-order valence-electron chi connectivity index (χ2n) is 4.67. The summed E-state index contributed by atoms with van der Waals surface area (Å²) in [6, 6.07) is 8.14. The second kappa shape index (κ2) is 7.92. The molecule has 0 aromatic heterocycles. The predicted octanol–water partition coefficient (Wildman–Crippen LogP) is 2.39. The molecule has 0 saturated heterocycles. The molecular weight excluding hydrogens is 242 g/mol. The highest BCUT2D eigenvalue weighted by molar-refractivity contribution is 5.70. The van der Waals surface area contributed by atoms with Crippen LogP contribution in [0.3, 0.4) is 0 Å². The van der Waals surface area contributed by atoms with E-state index in [2.05, 4.69) is 6.07 Å². The summed E-state index contributed by atoms with van der Waals surface area (Å²) >= 11 is 0. The van der Waals surface area contributed by atoms with Crippen molar-refractivity contribution in [2.75, 3.05) is 27.8 Å². The van der Waals surface area contributed by atoms with Crippen molar-refractivity contribution in [1.82, 2.24) is 4.90 Å². The van der Waals surface area contributed by atoms with Crippen LogP contribution in [0.5, 0.6) is 0 Å². The first-order valence-electron chi connectivity index (χ1n) is 6.48. The SMILES string of the molecule is CCOC(=O)CC(c1cccc(COC)c1)N(C)C. The summed E-state index contributed by atoms with van der Waals surface area (Å²) in [5.74, 6) is -0.168.